The number of hydrogen-bond donors (Lipinski definition) is 1. The van der Waals surface area contributed by atoms with Crippen LogP contribution in [-0.2, 0) is 0 Å². The second-order valence-corrected chi connectivity index (χ2v) is 4.99. The number of rotatable bonds is 1. The molecule has 4 rings (SSSR count). The molecule has 0 saturated carbocycles. The van der Waals surface area contributed by atoms with Crippen LogP contribution < -0.4 is 5.32 Å². The van der Waals surface area contributed by atoms with Crippen molar-refractivity contribution in [3.8, 4) is 0 Å². The molecule has 94 valence electrons. The molecular weight excluding hydrogens is 236 g/mol. The van der Waals surface area contributed by atoms with Gasteiger partial charge in [-0.1, -0.05) is 30.3 Å². The van der Waals surface area contributed by atoms with Crippen LogP contribution >= 0.6 is 0 Å². The summed E-state index contributed by atoms with van der Waals surface area (Å²) in [5.74, 6) is 1.02. The van der Waals surface area contributed by atoms with Crippen molar-refractivity contribution in [3.63, 3.8) is 0 Å². The Labute approximate surface area is 111 Å². The van der Waals surface area contributed by atoms with Gasteiger partial charge in [0.2, 0.25) is 5.89 Å². The van der Waals surface area contributed by atoms with Crippen LogP contribution in [0.1, 0.15) is 22.9 Å². The summed E-state index contributed by atoms with van der Waals surface area (Å²) >= 11 is 0. The zero-order chi connectivity index (χ0) is 12.8. The molecule has 1 unspecified atom stereocenters. The molecule has 0 saturated heterocycles. The number of oxazole rings is 1. The lowest BCUT2D eigenvalue weighted by Gasteiger charge is -2.04. The zero-order valence-corrected chi connectivity index (χ0v) is 10.7. The molecule has 0 bridgehead atoms. The molecule has 2 heterocycles. The SMILES string of the molecule is Cc1cccc2oc(C3CNc4ccccc43)nc12. The summed E-state index contributed by atoms with van der Waals surface area (Å²) in [6.45, 7) is 2.92. The molecule has 1 aliphatic heterocycles. The van der Waals surface area contributed by atoms with Crippen LogP contribution in [0.15, 0.2) is 46.9 Å². The van der Waals surface area contributed by atoms with Crippen molar-refractivity contribution >= 4 is 16.8 Å². The molecule has 2 aromatic carbocycles. The fraction of sp³-hybridized carbons (Fsp3) is 0.188. The molecule has 19 heavy (non-hydrogen) atoms. The molecule has 1 atom stereocenters. The molecule has 3 heteroatoms. The molecule has 3 aromatic rings. The Hall–Kier alpha value is -2.29. The highest BCUT2D eigenvalue weighted by Gasteiger charge is 2.27. The van der Waals surface area contributed by atoms with Gasteiger partial charge in [-0.05, 0) is 30.2 Å². The van der Waals surface area contributed by atoms with Gasteiger partial charge < -0.3 is 9.73 Å². The summed E-state index contributed by atoms with van der Waals surface area (Å²) in [5.41, 5.74) is 5.46. The Morgan fingerprint density at radius 2 is 2.05 bits per heavy atom. The van der Waals surface area contributed by atoms with E-state index >= 15 is 0 Å². The van der Waals surface area contributed by atoms with Gasteiger partial charge in [0.15, 0.2) is 5.58 Å². The highest BCUT2D eigenvalue weighted by atomic mass is 16.3. The summed E-state index contributed by atoms with van der Waals surface area (Å²) in [6.07, 6.45) is 0. The maximum Gasteiger partial charge on any atom is 0.204 e. The number of nitrogens with zero attached hydrogens (tertiary/aromatic N) is 1. The van der Waals surface area contributed by atoms with E-state index in [4.69, 9.17) is 4.42 Å². The third-order valence-corrected chi connectivity index (χ3v) is 3.77. The molecule has 0 amide bonds. The molecule has 3 nitrogen and oxygen atoms in total. The smallest absolute Gasteiger partial charge is 0.204 e. The molecule has 1 N–H and O–H groups in total. The standard InChI is InChI=1S/C16H14N2O/c1-10-5-4-8-14-15(10)18-16(19-14)12-9-17-13-7-3-2-6-11(12)13/h2-8,12,17H,9H2,1H3. The Kier molecular flexibility index (Phi) is 2.15. The minimum absolute atomic E-state index is 0.211. The first-order valence-corrected chi connectivity index (χ1v) is 6.52. The van der Waals surface area contributed by atoms with Gasteiger partial charge in [-0.25, -0.2) is 4.98 Å². The number of hydrogen-bond acceptors (Lipinski definition) is 3. The molecule has 1 aromatic heterocycles. The second kappa shape index (κ2) is 3.85. The molecule has 0 spiro atoms. The molecule has 1 aliphatic rings. The summed E-state index contributed by atoms with van der Waals surface area (Å²) in [6, 6.07) is 14.4. The lowest BCUT2D eigenvalue weighted by Crippen LogP contribution is -2.03. The quantitative estimate of drug-likeness (QED) is 0.715. The van der Waals surface area contributed by atoms with Gasteiger partial charge in [0.25, 0.3) is 0 Å². The van der Waals surface area contributed by atoms with E-state index in [1.165, 1.54) is 11.3 Å². The van der Waals surface area contributed by atoms with E-state index < -0.39 is 0 Å². The number of fused-ring (bicyclic) bond motifs is 2. The van der Waals surface area contributed by atoms with Gasteiger partial charge in [-0.15, -0.1) is 0 Å². The maximum absolute atomic E-state index is 5.94. The highest BCUT2D eigenvalue weighted by Crippen LogP contribution is 2.36. The minimum atomic E-state index is 0.211. The van der Waals surface area contributed by atoms with E-state index in [2.05, 4.69) is 41.5 Å². The predicted octanol–water partition coefficient (Wildman–Crippen LogP) is 3.69. The monoisotopic (exact) mass is 250 g/mol. The van der Waals surface area contributed by atoms with Crippen molar-refractivity contribution in [2.24, 2.45) is 0 Å². The van der Waals surface area contributed by atoms with Crippen molar-refractivity contribution in [2.75, 3.05) is 11.9 Å². The van der Waals surface area contributed by atoms with Gasteiger partial charge in [0.1, 0.15) is 5.52 Å². The van der Waals surface area contributed by atoms with Crippen LogP contribution in [0, 0.1) is 6.92 Å². The second-order valence-electron chi connectivity index (χ2n) is 4.99. The lowest BCUT2D eigenvalue weighted by molar-refractivity contribution is 0.512. The van der Waals surface area contributed by atoms with Crippen molar-refractivity contribution in [1.29, 1.82) is 0 Å². The summed E-state index contributed by atoms with van der Waals surface area (Å²) in [4.78, 5) is 4.69. The Morgan fingerprint density at radius 3 is 2.95 bits per heavy atom. The van der Waals surface area contributed by atoms with Crippen LogP contribution in [0.4, 0.5) is 5.69 Å². The highest BCUT2D eigenvalue weighted by molar-refractivity contribution is 5.76. The van der Waals surface area contributed by atoms with Gasteiger partial charge in [0, 0.05) is 12.2 Å². The van der Waals surface area contributed by atoms with Gasteiger partial charge in [-0.3, -0.25) is 0 Å². The predicted molar refractivity (Wildman–Crippen MR) is 75.5 cm³/mol. The van der Waals surface area contributed by atoms with Crippen LogP contribution in [0.25, 0.3) is 11.1 Å². The first-order valence-electron chi connectivity index (χ1n) is 6.52. The summed E-state index contributed by atoms with van der Waals surface area (Å²) < 4.78 is 5.94. The normalized spacial score (nSPS) is 17.4. The van der Waals surface area contributed by atoms with Crippen LogP contribution in [0.2, 0.25) is 0 Å². The number of benzene rings is 2. The van der Waals surface area contributed by atoms with E-state index in [1.807, 2.05) is 18.2 Å². The Balaban J connectivity index is 1.86. The average molecular weight is 250 g/mol. The third-order valence-electron chi connectivity index (χ3n) is 3.77. The van der Waals surface area contributed by atoms with Crippen molar-refractivity contribution in [2.45, 2.75) is 12.8 Å². The number of aryl methyl sites for hydroxylation is 1. The topological polar surface area (TPSA) is 38.1 Å². The van der Waals surface area contributed by atoms with Crippen molar-refractivity contribution in [1.82, 2.24) is 4.98 Å². The van der Waals surface area contributed by atoms with Crippen molar-refractivity contribution < 1.29 is 4.42 Å². The summed E-state index contributed by atoms with van der Waals surface area (Å²) in [7, 11) is 0. The van der Waals surface area contributed by atoms with Gasteiger partial charge >= 0.3 is 0 Å². The van der Waals surface area contributed by atoms with Gasteiger partial charge in [0.05, 0.1) is 5.92 Å². The fourth-order valence-electron chi connectivity index (χ4n) is 2.76. The first-order chi connectivity index (χ1) is 9.33. The first kappa shape index (κ1) is 10.6. The Morgan fingerprint density at radius 1 is 1.16 bits per heavy atom. The Bertz CT molecular complexity index is 760. The number of anilines is 1. The lowest BCUT2D eigenvalue weighted by atomic mass is 10.0. The van der Waals surface area contributed by atoms with E-state index in [-0.39, 0.29) is 5.92 Å². The van der Waals surface area contributed by atoms with Crippen LogP contribution in [0.5, 0.6) is 0 Å². The van der Waals surface area contributed by atoms with E-state index in [0.717, 1.165) is 29.1 Å². The molecule has 0 fully saturated rings. The largest absolute Gasteiger partial charge is 0.440 e. The number of nitrogens with one attached hydrogen (secondary N) is 1. The minimum Gasteiger partial charge on any atom is -0.440 e. The maximum atomic E-state index is 5.94. The van der Waals surface area contributed by atoms with Crippen molar-refractivity contribution in [3.05, 3.63) is 59.5 Å². The average Bonchev–Trinajstić information content (AvgIpc) is 3.02. The van der Waals surface area contributed by atoms with Crippen LogP contribution in [0.3, 0.4) is 0 Å². The van der Waals surface area contributed by atoms with Crippen LogP contribution in [-0.4, -0.2) is 11.5 Å². The molecule has 0 aliphatic carbocycles. The summed E-state index contributed by atoms with van der Waals surface area (Å²) in [5, 5.41) is 3.41. The number of para-hydroxylation sites is 2. The molecular formula is C16H14N2O. The van der Waals surface area contributed by atoms with E-state index in [1.54, 1.807) is 0 Å². The van der Waals surface area contributed by atoms with Gasteiger partial charge in [-0.2, -0.15) is 0 Å². The molecule has 0 radical (unpaired) electrons. The van der Waals surface area contributed by atoms with E-state index in [0.29, 0.717) is 0 Å². The number of aromatic nitrogens is 1. The third kappa shape index (κ3) is 1.55. The zero-order valence-electron chi connectivity index (χ0n) is 10.7. The van der Waals surface area contributed by atoms with E-state index in [9.17, 15) is 0 Å². The fourth-order valence-corrected chi connectivity index (χ4v) is 2.76.